The van der Waals surface area contributed by atoms with Crippen molar-refractivity contribution in [3.8, 4) is 0 Å². The molecule has 0 bridgehead atoms. The molecule has 1 heterocycles. The zero-order valence-corrected chi connectivity index (χ0v) is 16.6. The second kappa shape index (κ2) is 8.00. The van der Waals surface area contributed by atoms with Crippen LogP contribution in [-0.2, 0) is 9.53 Å². The Morgan fingerprint density at radius 2 is 2.04 bits per heavy atom. The summed E-state index contributed by atoms with van der Waals surface area (Å²) in [6.07, 6.45) is 0.813. The number of benzene rings is 1. The van der Waals surface area contributed by atoms with Gasteiger partial charge in [-0.25, -0.2) is 9.59 Å². The van der Waals surface area contributed by atoms with Gasteiger partial charge in [0, 0.05) is 16.3 Å². The van der Waals surface area contributed by atoms with Crippen molar-refractivity contribution in [2.24, 2.45) is 5.92 Å². The van der Waals surface area contributed by atoms with Crippen LogP contribution in [0.4, 0.5) is 4.79 Å². The van der Waals surface area contributed by atoms with Gasteiger partial charge >= 0.3 is 12.0 Å². The molecule has 0 fully saturated rings. The van der Waals surface area contributed by atoms with Crippen LogP contribution in [0.3, 0.4) is 0 Å². The van der Waals surface area contributed by atoms with Gasteiger partial charge in [-0.05, 0) is 53.5 Å². The molecule has 2 rings (SSSR count). The van der Waals surface area contributed by atoms with Crippen LogP contribution in [0, 0.1) is 9.49 Å². The summed E-state index contributed by atoms with van der Waals surface area (Å²) in [6.45, 7) is 6.33. The van der Waals surface area contributed by atoms with Gasteiger partial charge in [0.15, 0.2) is 0 Å². The third kappa shape index (κ3) is 4.09. The topological polar surface area (TPSA) is 58.6 Å². The third-order valence-corrected chi connectivity index (χ3v) is 5.10. The fourth-order valence-corrected chi connectivity index (χ4v) is 3.21. The molecule has 0 aromatic heterocycles. The first-order chi connectivity index (χ1) is 11.3. The standard InChI is InChI=1S/C18H23IN2O3/c1-11(2)9-10-24-17(22)15-12(3)21(4)18(23)20-16(15)13-7-5-6-8-14(13)19/h5-8,11,16H,9-10H2,1-4H3,(H,20,23)/t16-/m1/s1. The maximum atomic E-state index is 12.7. The van der Waals surface area contributed by atoms with Crippen LogP contribution in [0.2, 0.25) is 0 Å². The maximum absolute atomic E-state index is 12.7. The number of urea groups is 1. The number of hydrogen-bond donors (Lipinski definition) is 1. The van der Waals surface area contributed by atoms with Crippen LogP contribution in [0.15, 0.2) is 35.5 Å². The predicted octanol–water partition coefficient (Wildman–Crippen LogP) is 3.85. The average molecular weight is 442 g/mol. The molecule has 1 N–H and O–H groups in total. The zero-order valence-electron chi connectivity index (χ0n) is 14.4. The minimum absolute atomic E-state index is 0.226. The van der Waals surface area contributed by atoms with E-state index < -0.39 is 6.04 Å². The molecule has 0 aliphatic carbocycles. The summed E-state index contributed by atoms with van der Waals surface area (Å²) in [7, 11) is 1.65. The second-order valence-corrected chi connectivity index (χ2v) is 7.44. The molecule has 6 heteroatoms. The van der Waals surface area contributed by atoms with E-state index in [-0.39, 0.29) is 12.0 Å². The zero-order chi connectivity index (χ0) is 17.9. The smallest absolute Gasteiger partial charge is 0.338 e. The maximum Gasteiger partial charge on any atom is 0.338 e. The van der Waals surface area contributed by atoms with Gasteiger partial charge in [-0.2, -0.15) is 0 Å². The van der Waals surface area contributed by atoms with Crippen LogP contribution in [0.1, 0.15) is 38.8 Å². The fourth-order valence-electron chi connectivity index (χ4n) is 2.51. The first kappa shape index (κ1) is 18.8. The monoisotopic (exact) mass is 442 g/mol. The Labute approximate surface area is 156 Å². The van der Waals surface area contributed by atoms with Gasteiger partial charge in [0.25, 0.3) is 0 Å². The molecule has 0 radical (unpaired) electrons. The van der Waals surface area contributed by atoms with E-state index in [1.165, 1.54) is 4.90 Å². The van der Waals surface area contributed by atoms with E-state index in [1.54, 1.807) is 14.0 Å². The Bertz CT molecular complexity index is 670. The van der Waals surface area contributed by atoms with E-state index in [4.69, 9.17) is 4.74 Å². The molecule has 0 spiro atoms. The number of hydrogen-bond acceptors (Lipinski definition) is 3. The molecule has 1 atom stereocenters. The predicted molar refractivity (Wildman–Crippen MR) is 101 cm³/mol. The van der Waals surface area contributed by atoms with Crippen LogP contribution in [0.5, 0.6) is 0 Å². The molecule has 5 nitrogen and oxygen atoms in total. The number of amides is 2. The number of rotatable bonds is 5. The number of carbonyl (C=O) groups excluding carboxylic acids is 2. The summed E-state index contributed by atoms with van der Waals surface area (Å²) in [5, 5.41) is 2.91. The van der Waals surface area contributed by atoms with Crippen LogP contribution < -0.4 is 5.32 Å². The van der Waals surface area contributed by atoms with Gasteiger partial charge < -0.3 is 15.0 Å². The Kier molecular flexibility index (Phi) is 6.26. The molecule has 0 saturated heterocycles. The quantitative estimate of drug-likeness (QED) is 0.557. The van der Waals surface area contributed by atoms with Crippen molar-refractivity contribution in [1.29, 1.82) is 0 Å². The van der Waals surface area contributed by atoms with Gasteiger partial charge in [-0.3, -0.25) is 0 Å². The largest absolute Gasteiger partial charge is 0.462 e. The molecule has 1 aliphatic heterocycles. The van der Waals surface area contributed by atoms with E-state index in [2.05, 4.69) is 41.8 Å². The average Bonchev–Trinajstić information content (AvgIpc) is 2.52. The van der Waals surface area contributed by atoms with Gasteiger partial charge in [-0.15, -0.1) is 0 Å². The summed E-state index contributed by atoms with van der Waals surface area (Å²) in [6, 6.07) is 6.99. The number of nitrogens with zero attached hydrogens (tertiary/aromatic N) is 1. The van der Waals surface area contributed by atoms with Gasteiger partial charge in [0.05, 0.1) is 18.2 Å². The molecular weight excluding hydrogens is 419 g/mol. The second-order valence-electron chi connectivity index (χ2n) is 6.28. The van der Waals surface area contributed by atoms with Crippen molar-refractivity contribution >= 4 is 34.6 Å². The number of esters is 1. The SMILES string of the molecule is CC1=C(C(=O)OCCC(C)C)[C@@H](c2ccccc2I)NC(=O)N1C. The highest BCUT2D eigenvalue weighted by Gasteiger charge is 2.35. The van der Waals surface area contributed by atoms with Gasteiger partial charge in [0.1, 0.15) is 0 Å². The highest BCUT2D eigenvalue weighted by molar-refractivity contribution is 14.1. The lowest BCUT2D eigenvalue weighted by molar-refractivity contribution is -0.140. The summed E-state index contributed by atoms with van der Waals surface area (Å²) < 4.78 is 6.45. The van der Waals surface area contributed by atoms with E-state index in [9.17, 15) is 9.59 Å². The van der Waals surface area contributed by atoms with Crippen molar-refractivity contribution in [2.75, 3.05) is 13.7 Å². The van der Waals surface area contributed by atoms with Gasteiger partial charge in [0.2, 0.25) is 0 Å². The minimum atomic E-state index is -0.492. The third-order valence-electron chi connectivity index (χ3n) is 4.12. The Hall–Kier alpha value is -1.57. The van der Waals surface area contributed by atoms with Crippen molar-refractivity contribution in [2.45, 2.75) is 33.2 Å². The van der Waals surface area contributed by atoms with E-state index in [1.807, 2.05) is 24.3 Å². The molecular formula is C18H23IN2O3. The van der Waals surface area contributed by atoms with Crippen molar-refractivity contribution in [3.63, 3.8) is 0 Å². The summed E-state index contributed by atoms with van der Waals surface area (Å²) >= 11 is 2.21. The lowest BCUT2D eigenvalue weighted by Crippen LogP contribution is -2.46. The molecule has 1 aromatic rings. The molecule has 0 saturated carbocycles. The number of nitrogens with one attached hydrogen (secondary N) is 1. The number of halogens is 1. The molecule has 130 valence electrons. The Balaban J connectivity index is 2.36. The number of ether oxygens (including phenoxy) is 1. The van der Waals surface area contributed by atoms with Crippen LogP contribution in [-0.4, -0.2) is 30.6 Å². The normalized spacial score (nSPS) is 18.0. The molecule has 2 amide bonds. The van der Waals surface area contributed by atoms with Crippen molar-refractivity contribution in [3.05, 3.63) is 44.7 Å². The molecule has 1 aromatic carbocycles. The van der Waals surface area contributed by atoms with E-state index >= 15 is 0 Å². The highest BCUT2D eigenvalue weighted by Crippen LogP contribution is 2.32. The lowest BCUT2D eigenvalue weighted by atomic mass is 9.95. The summed E-state index contributed by atoms with van der Waals surface area (Å²) in [5.41, 5.74) is 2.01. The van der Waals surface area contributed by atoms with E-state index in [0.29, 0.717) is 23.8 Å². The molecule has 24 heavy (non-hydrogen) atoms. The Morgan fingerprint density at radius 3 is 2.67 bits per heavy atom. The van der Waals surface area contributed by atoms with Gasteiger partial charge in [-0.1, -0.05) is 32.0 Å². The van der Waals surface area contributed by atoms with Crippen LogP contribution >= 0.6 is 22.6 Å². The molecule has 0 unspecified atom stereocenters. The number of allylic oxidation sites excluding steroid dienone is 1. The minimum Gasteiger partial charge on any atom is -0.462 e. The molecule has 1 aliphatic rings. The van der Waals surface area contributed by atoms with Crippen molar-refractivity contribution < 1.29 is 14.3 Å². The van der Waals surface area contributed by atoms with E-state index in [0.717, 1.165) is 15.6 Å². The first-order valence-corrected chi connectivity index (χ1v) is 9.07. The highest BCUT2D eigenvalue weighted by atomic mass is 127. The Morgan fingerprint density at radius 1 is 1.38 bits per heavy atom. The fraction of sp³-hybridized carbons (Fsp3) is 0.444. The van der Waals surface area contributed by atoms with Crippen molar-refractivity contribution in [1.82, 2.24) is 10.2 Å². The number of carbonyl (C=O) groups is 2. The summed E-state index contributed by atoms with van der Waals surface area (Å²) in [5.74, 6) is 0.0946. The first-order valence-electron chi connectivity index (χ1n) is 7.99. The summed E-state index contributed by atoms with van der Waals surface area (Å²) in [4.78, 5) is 26.3. The lowest BCUT2D eigenvalue weighted by Gasteiger charge is -2.33. The van der Waals surface area contributed by atoms with Crippen LogP contribution in [0.25, 0.3) is 0 Å².